The molecule has 4 aromatic rings. The van der Waals surface area contributed by atoms with Gasteiger partial charge in [0.1, 0.15) is 17.8 Å². The summed E-state index contributed by atoms with van der Waals surface area (Å²) in [5, 5.41) is 10.3. The van der Waals surface area contributed by atoms with Crippen LogP contribution in [0, 0.1) is 6.92 Å². The van der Waals surface area contributed by atoms with E-state index in [0.717, 1.165) is 59.5 Å². The van der Waals surface area contributed by atoms with E-state index in [1.807, 2.05) is 59.4 Å². The highest BCUT2D eigenvalue weighted by Gasteiger charge is 2.26. The second kappa shape index (κ2) is 14.8. The van der Waals surface area contributed by atoms with Crippen molar-refractivity contribution < 1.29 is 9.53 Å². The second-order valence-electron chi connectivity index (χ2n) is 11.5. The van der Waals surface area contributed by atoms with Crippen molar-refractivity contribution in [2.45, 2.75) is 26.4 Å². The van der Waals surface area contributed by atoms with Crippen molar-refractivity contribution in [3.05, 3.63) is 60.3 Å². The number of amides is 1. The quantitative estimate of drug-likeness (QED) is 0.109. The van der Waals surface area contributed by atoms with Crippen LogP contribution >= 0.6 is 0 Å². The highest BCUT2D eigenvalue weighted by molar-refractivity contribution is 6.06. The highest BCUT2D eigenvalue weighted by atomic mass is 16.5. The standard InChI is InChI=1S/C32H42N12O2/c1-20-14-38-32(40-26(33)13-21(2)34-3)42-30(20)24-15-37-31-23(24)7-6-8-25(31)39-28(45)19-44-11-9-22(18-44)46-29-17-35-16-27(41-29)36-10-12-43(4)5/h6-8,13-17,22,34,37H,9-12,18-19H2,1-5H3,(H,36,41)(H,39,45)(H2,33,38,40,42)/b21-13-/t22-/m0/s1. The number of nitrogens with two attached hydrogens (primary N) is 1. The van der Waals surface area contributed by atoms with Crippen molar-refractivity contribution >= 4 is 40.1 Å². The number of carbonyl (C=O) groups excluding carboxylic acids is 1. The summed E-state index contributed by atoms with van der Waals surface area (Å²) in [6.07, 6.45) is 9.36. The smallest absolute Gasteiger partial charge is 0.251 e. The fraction of sp³-hybridized carbons (Fsp3) is 0.375. The molecule has 1 saturated heterocycles. The fourth-order valence-corrected chi connectivity index (χ4v) is 5.15. The van der Waals surface area contributed by atoms with Gasteiger partial charge in [-0.05, 0) is 52.1 Å². The van der Waals surface area contributed by atoms with Crippen LogP contribution in [0.15, 0.2) is 59.8 Å². The molecular formula is C32H42N12O2. The van der Waals surface area contributed by atoms with E-state index in [2.05, 4.69) is 50.7 Å². The van der Waals surface area contributed by atoms with E-state index in [1.54, 1.807) is 24.7 Å². The molecule has 0 radical (unpaired) electrons. The van der Waals surface area contributed by atoms with E-state index < -0.39 is 0 Å². The third-order valence-corrected chi connectivity index (χ3v) is 7.55. The molecule has 0 spiro atoms. The zero-order valence-electron chi connectivity index (χ0n) is 27.0. The predicted octanol–water partition coefficient (Wildman–Crippen LogP) is 2.90. The summed E-state index contributed by atoms with van der Waals surface area (Å²) >= 11 is 0. The number of aromatic nitrogens is 5. The van der Waals surface area contributed by atoms with Gasteiger partial charge in [0, 0.05) is 62.3 Å². The lowest BCUT2D eigenvalue weighted by Crippen LogP contribution is -2.33. The van der Waals surface area contributed by atoms with Crippen LogP contribution in [0.1, 0.15) is 18.9 Å². The van der Waals surface area contributed by atoms with Crippen molar-refractivity contribution in [1.29, 1.82) is 0 Å². The summed E-state index contributed by atoms with van der Waals surface area (Å²) in [6.45, 7) is 7.10. The minimum Gasteiger partial charge on any atom is -0.472 e. The molecule has 1 aliphatic heterocycles. The Labute approximate surface area is 268 Å². The van der Waals surface area contributed by atoms with Crippen LogP contribution in [0.25, 0.3) is 22.2 Å². The topological polar surface area (TPSA) is 175 Å². The Kier molecular flexibility index (Phi) is 10.4. The summed E-state index contributed by atoms with van der Waals surface area (Å²) in [5.74, 6) is 1.61. The van der Waals surface area contributed by atoms with Gasteiger partial charge in [0.05, 0.1) is 35.8 Å². The van der Waals surface area contributed by atoms with Crippen LogP contribution in [0.2, 0.25) is 0 Å². The lowest BCUT2D eigenvalue weighted by Gasteiger charge is -2.17. The largest absolute Gasteiger partial charge is 0.472 e. The number of ether oxygens (including phenoxy) is 1. The molecule has 1 fully saturated rings. The van der Waals surface area contributed by atoms with E-state index >= 15 is 0 Å². The molecule has 1 amide bonds. The number of rotatable bonds is 13. The number of carbonyl (C=O) groups is 1. The van der Waals surface area contributed by atoms with Gasteiger partial charge in [-0.15, -0.1) is 0 Å². The van der Waals surface area contributed by atoms with Gasteiger partial charge < -0.3 is 36.3 Å². The van der Waals surface area contributed by atoms with Gasteiger partial charge in [-0.3, -0.25) is 14.7 Å². The third-order valence-electron chi connectivity index (χ3n) is 7.55. The van der Waals surface area contributed by atoms with Gasteiger partial charge in [0.15, 0.2) is 0 Å². The highest BCUT2D eigenvalue weighted by Crippen LogP contribution is 2.33. The number of anilines is 2. The van der Waals surface area contributed by atoms with E-state index in [1.165, 1.54) is 0 Å². The first-order valence-electron chi connectivity index (χ1n) is 15.2. The van der Waals surface area contributed by atoms with Crippen LogP contribution in [-0.4, -0.2) is 106 Å². The molecule has 242 valence electrons. The summed E-state index contributed by atoms with van der Waals surface area (Å²) in [7, 11) is 5.86. The summed E-state index contributed by atoms with van der Waals surface area (Å²) in [4.78, 5) is 42.8. The molecule has 0 aliphatic carbocycles. The molecule has 0 unspecified atom stereocenters. The fourth-order valence-electron chi connectivity index (χ4n) is 5.15. The number of para-hydroxylation sites is 1. The average molecular weight is 627 g/mol. The minimum absolute atomic E-state index is 0.0717. The Balaban J connectivity index is 1.21. The minimum atomic E-state index is -0.105. The average Bonchev–Trinajstić information content (AvgIpc) is 3.65. The number of benzene rings is 1. The summed E-state index contributed by atoms with van der Waals surface area (Å²) in [5.41, 5.74) is 10.9. The zero-order valence-corrected chi connectivity index (χ0v) is 27.0. The Hall–Kier alpha value is -5.08. The van der Waals surface area contributed by atoms with Crippen LogP contribution in [0.3, 0.4) is 0 Å². The monoisotopic (exact) mass is 626 g/mol. The number of fused-ring (bicyclic) bond motifs is 1. The molecule has 1 atom stereocenters. The maximum absolute atomic E-state index is 13.1. The molecule has 6 N–H and O–H groups in total. The number of H-pyrrole nitrogens is 1. The van der Waals surface area contributed by atoms with Crippen LogP contribution < -0.4 is 26.4 Å². The van der Waals surface area contributed by atoms with Crippen molar-refractivity contribution in [3.8, 4) is 17.1 Å². The Morgan fingerprint density at radius 1 is 1.26 bits per heavy atom. The number of nitrogens with zero attached hydrogens (tertiary/aromatic N) is 7. The van der Waals surface area contributed by atoms with Crippen molar-refractivity contribution in [1.82, 2.24) is 40.0 Å². The van der Waals surface area contributed by atoms with E-state index in [0.29, 0.717) is 29.8 Å². The molecule has 46 heavy (non-hydrogen) atoms. The number of amidine groups is 1. The Morgan fingerprint density at radius 2 is 2.11 bits per heavy atom. The van der Waals surface area contributed by atoms with E-state index in [4.69, 9.17) is 15.5 Å². The van der Waals surface area contributed by atoms with E-state index in [9.17, 15) is 4.79 Å². The third kappa shape index (κ3) is 8.34. The van der Waals surface area contributed by atoms with Crippen molar-refractivity contribution in [2.75, 3.05) is 64.5 Å². The second-order valence-corrected chi connectivity index (χ2v) is 11.5. The molecule has 14 heteroatoms. The number of aliphatic imine (C=N–C) groups is 1. The molecule has 1 aromatic carbocycles. The first-order valence-corrected chi connectivity index (χ1v) is 15.2. The van der Waals surface area contributed by atoms with Crippen LogP contribution in [0.5, 0.6) is 5.88 Å². The number of aryl methyl sites for hydroxylation is 1. The molecule has 14 nitrogen and oxygen atoms in total. The Morgan fingerprint density at radius 3 is 2.91 bits per heavy atom. The molecule has 4 heterocycles. The van der Waals surface area contributed by atoms with Gasteiger partial charge in [-0.25, -0.2) is 9.97 Å². The maximum atomic E-state index is 13.1. The van der Waals surface area contributed by atoms with Gasteiger partial charge >= 0.3 is 0 Å². The first-order chi connectivity index (χ1) is 22.2. The number of nitrogens with one attached hydrogen (secondary N) is 4. The molecule has 0 saturated carbocycles. The van der Waals surface area contributed by atoms with Crippen molar-refractivity contribution in [3.63, 3.8) is 0 Å². The number of aromatic amines is 1. The first kappa shape index (κ1) is 32.3. The number of hydrogen-bond donors (Lipinski definition) is 5. The SMILES string of the molecule is CN/C(C)=C\C(N)=Nc1ncc(C)c(-c2c[nH]c3c(NC(=O)CN4CC[C@H](Oc5cncc(NCCN(C)C)n5)C4)cccc23)n1. The van der Waals surface area contributed by atoms with Gasteiger partial charge in [0.25, 0.3) is 5.95 Å². The molecule has 5 rings (SSSR count). The lowest BCUT2D eigenvalue weighted by molar-refractivity contribution is -0.117. The van der Waals surface area contributed by atoms with Crippen molar-refractivity contribution in [2.24, 2.45) is 10.7 Å². The molecular weight excluding hydrogens is 584 g/mol. The molecule has 1 aliphatic rings. The predicted molar refractivity (Wildman–Crippen MR) is 181 cm³/mol. The number of likely N-dealkylation sites (tertiary alicyclic amines) is 1. The zero-order chi connectivity index (χ0) is 32.6. The number of allylic oxidation sites excluding steroid dienone is 1. The van der Waals surface area contributed by atoms with E-state index in [-0.39, 0.29) is 24.5 Å². The lowest BCUT2D eigenvalue weighted by atomic mass is 10.1. The normalized spacial score (nSPS) is 15.8. The maximum Gasteiger partial charge on any atom is 0.251 e. The van der Waals surface area contributed by atoms with Crippen LogP contribution in [-0.2, 0) is 4.79 Å². The van der Waals surface area contributed by atoms with Gasteiger partial charge in [-0.1, -0.05) is 12.1 Å². The molecule has 0 bridgehead atoms. The summed E-state index contributed by atoms with van der Waals surface area (Å²) < 4.78 is 6.10. The van der Waals surface area contributed by atoms with Crippen LogP contribution in [0.4, 0.5) is 17.5 Å². The van der Waals surface area contributed by atoms with Gasteiger partial charge in [0.2, 0.25) is 11.8 Å². The number of hydrogen-bond acceptors (Lipinski definition) is 11. The van der Waals surface area contributed by atoms with Gasteiger partial charge in [-0.2, -0.15) is 9.98 Å². The summed E-state index contributed by atoms with van der Waals surface area (Å²) in [6, 6.07) is 5.79. The Bertz CT molecular complexity index is 1730. The number of likely N-dealkylation sites (N-methyl/N-ethyl adjacent to an activating group) is 1. The molecule has 3 aromatic heterocycles.